The quantitative estimate of drug-likeness (QED) is 0.256. The van der Waals surface area contributed by atoms with Gasteiger partial charge in [0.2, 0.25) is 4.80 Å². The Morgan fingerprint density at radius 3 is 2.38 bits per heavy atom. The summed E-state index contributed by atoms with van der Waals surface area (Å²) in [7, 11) is 1.67. The summed E-state index contributed by atoms with van der Waals surface area (Å²) in [6.07, 6.45) is 8.64. The molecular formula is C28H29N3OS2. The molecule has 2 aromatic heterocycles. The lowest BCUT2D eigenvalue weighted by atomic mass is 9.84. The van der Waals surface area contributed by atoms with Crippen LogP contribution in [0.4, 0.5) is 5.69 Å². The van der Waals surface area contributed by atoms with Crippen molar-refractivity contribution in [1.82, 2.24) is 4.68 Å². The van der Waals surface area contributed by atoms with Crippen LogP contribution in [0.15, 0.2) is 76.1 Å². The number of ether oxygens (including phenoxy) is 1. The minimum atomic E-state index is 0.707. The van der Waals surface area contributed by atoms with Gasteiger partial charge >= 0.3 is 0 Å². The van der Waals surface area contributed by atoms with E-state index in [0.29, 0.717) is 5.92 Å². The molecule has 1 aliphatic rings. The number of hydrogen-bond donors (Lipinski definition) is 0. The molecule has 1 fully saturated rings. The minimum absolute atomic E-state index is 0.707. The molecule has 0 bridgehead atoms. The fourth-order valence-corrected chi connectivity index (χ4v) is 6.05. The fourth-order valence-electron chi connectivity index (χ4n) is 4.45. The van der Waals surface area contributed by atoms with Crippen LogP contribution in [-0.2, 0) is 0 Å². The van der Waals surface area contributed by atoms with Crippen LogP contribution < -0.4 is 9.54 Å². The Kier molecular flexibility index (Phi) is 7.07. The van der Waals surface area contributed by atoms with Crippen LogP contribution in [0.25, 0.3) is 11.3 Å². The lowest BCUT2D eigenvalue weighted by Crippen LogP contribution is -2.11. The molecule has 6 heteroatoms. The summed E-state index contributed by atoms with van der Waals surface area (Å²) in [6, 6.07) is 21.1. The summed E-state index contributed by atoms with van der Waals surface area (Å²) >= 11 is 3.34. The summed E-state index contributed by atoms with van der Waals surface area (Å²) in [5.41, 5.74) is 4.55. The number of thiophene rings is 1. The molecule has 0 N–H and O–H groups in total. The molecule has 1 aliphatic carbocycles. The van der Waals surface area contributed by atoms with Gasteiger partial charge in [-0.05, 0) is 67.6 Å². The molecule has 0 atom stereocenters. The van der Waals surface area contributed by atoms with Gasteiger partial charge in [-0.3, -0.25) is 0 Å². The van der Waals surface area contributed by atoms with Crippen molar-refractivity contribution >= 4 is 34.6 Å². The Hall–Kier alpha value is -2.96. The SMILES string of the molecule is COc1ccc(N=c2scc(-c3ccc(C4CCCCC4)cc3)n2/N=C/c2ccc(C)s2)cc1. The summed E-state index contributed by atoms with van der Waals surface area (Å²) in [4.78, 5) is 8.13. The number of benzene rings is 2. The number of aromatic nitrogens is 1. The van der Waals surface area contributed by atoms with Crippen molar-refractivity contribution in [2.75, 3.05) is 7.11 Å². The van der Waals surface area contributed by atoms with E-state index < -0.39 is 0 Å². The molecular weight excluding hydrogens is 458 g/mol. The van der Waals surface area contributed by atoms with Gasteiger partial charge in [-0.25, -0.2) is 9.67 Å². The third kappa shape index (κ3) is 5.24. The van der Waals surface area contributed by atoms with E-state index in [-0.39, 0.29) is 0 Å². The molecule has 4 aromatic rings. The van der Waals surface area contributed by atoms with E-state index in [1.807, 2.05) is 35.2 Å². The monoisotopic (exact) mass is 487 g/mol. The maximum Gasteiger partial charge on any atom is 0.211 e. The normalized spacial score (nSPS) is 15.3. The molecule has 0 radical (unpaired) electrons. The van der Waals surface area contributed by atoms with Gasteiger partial charge in [0.15, 0.2) is 0 Å². The Balaban J connectivity index is 1.52. The van der Waals surface area contributed by atoms with Crippen molar-refractivity contribution in [3.63, 3.8) is 0 Å². The number of rotatable bonds is 6. The summed E-state index contributed by atoms with van der Waals surface area (Å²) in [5, 5.41) is 7.01. The maximum atomic E-state index is 5.28. The lowest BCUT2D eigenvalue weighted by molar-refractivity contribution is 0.415. The molecule has 4 nitrogen and oxygen atoms in total. The topological polar surface area (TPSA) is 38.9 Å². The average molecular weight is 488 g/mol. The second-order valence-electron chi connectivity index (χ2n) is 8.68. The predicted octanol–water partition coefficient (Wildman–Crippen LogP) is 7.76. The molecule has 0 amide bonds. The van der Waals surface area contributed by atoms with Crippen molar-refractivity contribution in [3.05, 3.63) is 86.2 Å². The zero-order valence-electron chi connectivity index (χ0n) is 19.6. The highest BCUT2D eigenvalue weighted by Gasteiger charge is 2.16. The minimum Gasteiger partial charge on any atom is -0.497 e. The Morgan fingerprint density at radius 1 is 0.941 bits per heavy atom. The zero-order valence-corrected chi connectivity index (χ0v) is 21.2. The summed E-state index contributed by atoms with van der Waals surface area (Å²) < 4.78 is 7.24. The van der Waals surface area contributed by atoms with Gasteiger partial charge in [0.25, 0.3) is 0 Å². The van der Waals surface area contributed by atoms with Crippen molar-refractivity contribution in [1.29, 1.82) is 0 Å². The lowest BCUT2D eigenvalue weighted by Gasteiger charge is -2.22. The first-order chi connectivity index (χ1) is 16.7. The molecule has 2 heterocycles. The van der Waals surface area contributed by atoms with Gasteiger partial charge in [-0.15, -0.1) is 22.7 Å². The fraction of sp³-hybridized carbons (Fsp3) is 0.286. The van der Waals surface area contributed by atoms with E-state index in [0.717, 1.165) is 32.4 Å². The number of nitrogens with zero attached hydrogens (tertiary/aromatic N) is 3. The molecule has 0 aliphatic heterocycles. The van der Waals surface area contributed by atoms with E-state index in [1.165, 1.54) is 42.5 Å². The van der Waals surface area contributed by atoms with Crippen LogP contribution in [0.3, 0.4) is 0 Å². The Bertz CT molecular complexity index is 1320. The number of aryl methyl sites for hydroxylation is 1. The standard InChI is InChI=1S/C28H29N3OS2/c1-20-8-17-26(34-20)18-29-31-27(19-33-28(31)30-24-13-15-25(32-2)16-14-24)23-11-9-22(10-12-23)21-6-4-3-5-7-21/h8-19,21H,3-7H2,1-2H3/b29-18+,30-28?. The smallest absolute Gasteiger partial charge is 0.211 e. The molecule has 0 spiro atoms. The molecule has 0 saturated heterocycles. The van der Waals surface area contributed by atoms with Gasteiger partial charge < -0.3 is 4.74 Å². The van der Waals surface area contributed by atoms with Crippen molar-refractivity contribution < 1.29 is 4.74 Å². The van der Waals surface area contributed by atoms with Crippen LogP contribution in [-0.4, -0.2) is 18.0 Å². The predicted molar refractivity (Wildman–Crippen MR) is 144 cm³/mol. The van der Waals surface area contributed by atoms with Gasteiger partial charge in [-0.1, -0.05) is 43.5 Å². The van der Waals surface area contributed by atoms with E-state index in [1.54, 1.807) is 29.8 Å². The van der Waals surface area contributed by atoms with Gasteiger partial charge in [-0.2, -0.15) is 5.10 Å². The molecule has 0 unspecified atom stereocenters. The van der Waals surface area contributed by atoms with Crippen LogP contribution >= 0.6 is 22.7 Å². The third-order valence-electron chi connectivity index (χ3n) is 6.33. The number of thiazole rings is 1. The van der Waals surface area contributed by atoms with E-state index in [4.69, 9.17) is 14.8 Å². The van der Waals surface area contributed by atoms with Crippen LogP contribution in [0.5, 0.6) is 5.75 Å². The largest absolute Gasteiger partial charge is 0.497 e. The van der Waals surface area contributed by atoms with E-state index >= 15 is 0 Å². The molecule has 1 saturated carbocycles. The summed E-state index contributed by atoms with van der Waals surface area (Å²) in [6.45, 7) is 2.11. The second-order valence-corrected chi connectivity index (χ2v) is 10.8. The first-order valence-electron chi connectivity index (χ1n) is 11.8. The molecule has 34 heavy (non-hydrogen) atoms. The molecule has 2 aromatic carbocycles. The van der Waals surface area contributed by atoms with E-state index in [2.05, 4.69) is 48.7 Å². The molecule has 174 valence electrons. The highest BCUT2D eigenvalue weighted by Crippen LogP contribution is 2.33. The van der Waals surface area contributed by atoms with Crippen LogP contribution in [0.2, 0.25) is 0 Å². The van der Waals surface area contributed by atoms with Gasteiger partial charge in [0.1, 0.15) is 5.75 Å². The Morgan fingerprint density at radius 2 is 1.71 bits per heavy atom. The first kappa shape index (κ1) is 22.8. The summed E-state index contributed by atoms with van der Waals surface area (Å²) in [5.74, 6) is 1.53. The first-order valence-corrected chi connectivity index (χ1v) is 13.5. The van der Waals surface area contributed by atoms with Crippen LogP contribution in [0, 0.1) is 6.92 Å². The van der Waals surface area contributed by atoms with Crippen LogP contribution in [0.1, 0.15) is 53.3 Å². The van der Waals surface area contributed by atoms with Crippen molar-refractivity contribution in [2.45, 2.75) is 44.9 Å². The van der Waals surface area contributed by atoms with Crippen molar-refractivity contribution in [2.24, 2.45) is 10.1 Å². The van der Waals surface area contributed by atoms with Gasteiger partial charge in [0.05, 0.1) is 24.7 Å². The zero-order chi connectivity index (χ0) is 23.3. The average Bonchev–Trinajstić information content (AvgIpc) is 3.49. The van der Waals surface area contributed by atoms with Crippen molar-refractivity contribution in [3.8, 4) is 17.0 Å². The number of hydrogen-bond acceptors (Lipinski definition) is 5. The highest BCUT2D eigenvalue weighted by atomic mass is 32.1. The highest BCUT2D eigenvalue weighted by molar-refractivity contribution is 7.13. The third-order valence-corrected chi connectivity index (χ3v) is 8.08. The Labute approximate surface area is 208 Å². The maximum absolute atomic E-state index is 5.28. The molecule has 5 rings (SSSR count). The second kappa shape index (κ2) is 10.5. The number of methoxy groups -OCH3 is 1. The van der Waals surface area contributed by atoms with E-state index in [9.17, 15) is 0 Å². The van der Waals surface area contributed by atoms with Gasteiger partial charge in [0, 0.05) is 20.7 Å².